The quantitative estimate of drug-likeness (QED) is 0.465. The molecule has 0 N–H and O–H groups in total. The summed E-state index contributed by atoms with van der Waals surface area (Å²) in [6.45, 7) is 0. The fourth-order valence-corrected chi connectivity index (χ4v) is 2.13. The molecule has 0 aliphatic carbocycles. The minimum atomic E-state index is -4.57. The second-order valence-electron chi connectivity index (χ2n) is 5.17. The third-order valence-corrected chi connectivity index (χ3v) is 3.46. The number of carbonyl (C=O) groups excluding carboxylic acids is 3. The Hall–Kier alpha value is -2.96. The van der Waals surface area contributed by atoms with E-state index in [9.17, 15) is 27.6 Å². The van der Waals surface area contributed by atoms with E-state index in [4.69, 9.17) is 0 Å². The Morgan fingerprint density at radius 2 is 1.44 bits per heavy atom. The highest BCUT2D eigenvalue weighted by Crippen LogP contribution is 2.29. The van der Waals surface area contributed by atoms with Gasteiger partial charge in [0.15, 0.2) is 11.6 Å². The third kappa shape index (κ3) is 4.53. The van der Waals surface area contributed by atoms with Crippen LogP contribution in [0.15, 0.2) is 48.5 Å². The minimum absolute atomic E-state index is 0.174. The zero-order valence-corrected chi connectivity index (χ0v) is 13.1. The average molecular weight is 350 g/mol. The molecule has 0 atom stereocenters. The van der Waals surface area contributed by atoms with Crippen LogP contribution in [0.3, 0.4) is 0 Å². The summed E-state index contributed by atoms with van der Waals surface area (Å²) in [7, 11) is 1.22. The Morgan fingerprint density at radius 1 is 0.880 bits per heavy atom. The van der Waals surface area contributed by atoms with Crippen molar-refractivity contribution in [3.05, 3.63) is 70.8 Å². The SMILES string of the molecule is COC(=O)c1ccc(C(=O)CC(=O)c2cccc(C(F)(F)F)c2)cc1. The molecule has 0 aliphatic rings. The third-order valence-electron chi connectivity index (χ3n) is 3.46. The van der Waals surface area contributed by atoms with E-state index in [0.29, 0.717) is 0 Å². The molecular formula is C18H13F3O4. The smallest absolute Gasteiger partial charge is 0.416 e. The first kappa shape index (κ1) is 18.4. The first-order chi connectivity index (χ1) is 11.7. The number of carbonyl (C=O) groups is 3. The number of hydrogen-bond acceptors (Lipinski definition) is 4. The van der Waals surface area contributed by atoms with E-state index in [1.807, 2.05) is 0 Å². The molecule has 4 nitrogen and oxygen atoms in total. The molecule has 2 aromatic rings. The lowest BCUT2D eigenvalue weighted by Gasteiger charge is -2.08. The molecule has 0 radical (unpaired) electrons. The second-order valence-corrected chi connectivity index (χ2v) is 5.17. The number of rotatable bonds is 5. The predicted molar refractivity (Wildman–Crippen MR) is 82.5 cm³/mol. The molecule has 0 saturated heterocycles. The average Bonchev–Trinajstić information content (AvgIpc) is 2.60. The van der Waals surface area contributed by atoms with Gasteiger partial charge >= 0.3 is 12.1 Å². The molecule has 0 spiro atoms. The summed E-state index contributed by atoms with van der Waals surface area (Å²) in [5.74, 6) is -1.84. The van der Waals surface area contributed by atoms with E-state index in [1.54, 1.807) is 0 Å². The van der Waals surface area contributed by atoms with Crippen molar-refractivity contribution in [2.24, 2.45) is 0 Å². The maximum Gasteiger partial charge on any atom is 0.416 e. The van der Waals surface area contributed by atoms with Gasteiger partial charge in [0.25, 0.3) is 0 Å². The Morgan fingerprint density at radius 3 is 2.00 bits per heavy atom. The Labute approximate surface area is 141 Å². The van der Waals surface area contributed by atoms with Crippen LogP contribution in [-0.4, -0.2) is 24.6 Å². The van der Waals surface area contributed by atoms with Crippen LogP contribution in [0.4, 0.5) is 13.2 Å². The van der Waals surface area contributed by atoms with Gasteiger partial charge in [-0.25, -0.2) is 4.79 Å². The lowest BCUT2D eigenvalue weighted by molar-refractivity contribution is -0.137. The molecule has 0 aliphatic heterocycles. The second kappa shape index (κ2) is 7.29. The van der Waals surface area contributed by atoms with Crippen molar-refractivity contribution in [2.45, 2.75) is 12.6 Å². The highest BCUT2D eigenvalue weighted by Gasteiger charge is 2.31. The van der Waals surface area contributed by atoms with Crippen molar-refractivity contribution in [3.63, 3.8) is 0 Å². The Bertz CT molecular complexity index is 808. The minimum Gasteiger partial charge on any atom is -0.465 e. The normalized spacial score (nSPS) is 11.0. The Balaban J connectivity index is 2.12. The monoisotopic (exact) mass is 350 g/mol. The lowest BCUT2D eigenvalue weighted by atomic mass is 9.99. The van der Waals surface area contributed by atoms with Gasteiger partial charge in [0.1, 0.15) is 0 Å². The molecule has 0 heterocycles. The first-order valence-corrected chi connectivity index (χ1v) is 7.14. The summed E-state index contributed by atoms with van der Waals surface area (Å²) >= 11 is 0. The topological polar surface area (TPSA) is 60.4 Å². The zero-order chi connectivity index (χ0) is 18.6. The van der Waals surface area contributed by atoms with Crippen molar-refractivity contribution >= 4 is 17.5 Å². The summed E-state index contributed by atoms with van der Waals surface area (Å²) in [6.07, 6.45) is -5.14. The van der Waals surface area contributed by atoms with E-state index in [1.165, 1.54) is 37.4 Å². The molecule has 0 unspecified atom stereocenters. The van der Waals surface area contributed by atoms with Crippen LogP contribution in [0.5, 0.6) is 0 Å². The van der Waals surface area contributed by atoms with Gasteiger partial charge in [-0.1, -0.05) is 24.3 Å². The first-order valence-electron chi connectivity index (χ1n) is 7.14. The molecule has 0 bridgehead atoms. The summed E-state index contributed by atoms with van der Waals surface area (Å²) in [6, 6.07) is 9.36. The maximum absolute atomic E-state index is 12.7. The fourth-order valence-electron chi connectivity index (χ4n) is 2.13. The van der Waals surface area contributed by atoms with Gasteiger partial charge < -0.3 is 4.74 Å². The zero-order valence-electron chi connectivity index (χ0n) is 13.1. The van der Waals surface area contributed by atoms with Crippen molar-refractivity contribution in [2.75, 3.05) is 7.11 Å². The molecule has 0 fully saturated rings. The van der Waals surface area contributed by atoms with E-state index in [-0.39, 0.29) is 16.7 Å². The molecule has 130 valence electrons. The van der Waals surface area contributed by atoms with Gasteiger partial charge in [-0.3, -0.25) is 9.59 Å². The van der Waals surface area contributed by atoms with Gasteiger partial charge in [-0.2, -0.15) is 13.2 Å². The van der Waals surface area contributed by atoms with Crippen molar-refractivity contribution in [3.8, 4) is 0 Å². The molecule has 0 amide bonds. The summed E-state index contributed by atoms with van der Waals surface area (Å²) in [5, 5.41) is 0. The van der Waals surface area contributed by atoms with E-state index in [0.717, 1.165) is 18.2 Å². The molecule has 2 aromatic carbocycles. The molecular weight excluding hydrogens is 337 g/mol. The van der Waals surface area contributed by atoms with E-state index < -0.39 is 35.7 Å². The number of hydrogen-bond donors (Lipinski definition) is 0. The number of alkyl halides is 3. The van der Waals surface area contributed by atoms with Crippen LogP contribution in [0, 0.1) is 0 Å². The molecule has 0 aromatic heterocycles. The van der Waals surface area contributed by atoms with Crippen LogP contribution in [0.2, 0.25) is 0 Å². The number of benzene rings is 2. The number of ether oxygens (including phenoxy) is 1. The van der Waals surface area contributed by atoms with Gasteiger partial charge in [-0.15, -0.1) is 0 Å². The van der Waals surface area contributed by atoms with Crippen LogP contribution < -0.4 is 0 Å². The summed E-state index contributed by atoms with van der Waals surface area (Å²) < 4.78 is 42.6. The molecule has 25 heavy (non-hydrogen) atoms. The lowest BCUT2D eigenvalue weighted by Crippen LogP contribution is -2.11. The largest absolute Gasteiger partial charge is 0.465 e. The van der Waals surface area contributed by atoms with Gasteiger partial charge in [0.2, 0.25) is 0 Å². The van der Waals surface area contributed by atoms with Gasteiger partial charge in [-0.05, 0) is 24.3 Å². The number of methoxy groups -OCH3 is 1. The van der Waals surface area contributed by atoms with Crippen LogP contribution >= 0.6 is 0 Å². The fraction of sp³-hybridized carbons (Fsp3) is 0.167. The van der Waals surface area contributed by atoms with Crippen LogP contribution in [-0.2, 0) is 10.9 Å². The molecule has 0 saturated carbocycles. The summed E-state index contributed by atoms with van der Waals surface area (Å²) in [5.41, 5.74) is -0.723. The number of ketones is 2. The van der Waals surface area contributed by atoms with Crippen LogP contribution in [0.1, 0.15) is 43.1 Å². The maximum atomic E-state index is 12.7. The van der Waals surface area contributed by atoms with E-state index >= 15 is 0 Å². The number of esters is 1. The van der Waals surface area contributed by atoms with Gasteiger partial charge in [0, 0.05) is 11.1 Å². The molecule has 7 heteroatoms. The van der Waals surface area contributed by atoms with Crippen molar-refractivity contribution < 1.29 is 32.3 Å². The van der Waals surface area contributed by atoms with Crippen molar-refractivity contribution in [1.29, 1.82) is 0 Å². The highest BCUT2D eigenvalue weighted by atomic mass is 19.4. The standard InChI is InChI=1S/C18H13F3O4/c1-25-17(24)12-7-5-11(6-8-12)15(22)10-16(23)13-3-2-4-14(9-13)18(19,20)21/h2-9H,10H2,1H3. The summed E-state index contributed by atoms with van der Waals surface area (Å²) in [4.78, 5) is 35.5. The van der Waals surface area contributed by atoms with Gasteiger partial charge in [0.05, 0.1) is 24.7 Å². The van der Waals surface area contributed by atoms with Crippen molar-refractivity contribution in [1.82, 2.24) is 0 Å². The predicted octanol–water partition coefficient (Wildman–Crippen LogP) is 3.95. The molecule has 2 rings (SSSR count). The number of halogens is 3. The number of Topliss-reactive ketones (excluding diaryl/α,β-unsaturated/α-hetero) is 2. The van der Waals surface area contributed by atoms with Crippen LogP contribution in [0.25, 0.3) is 0 Å². The Kier molecular flexibility index (Phi) is 5.36. The van der Waals surface area contributed by atoms with E-state index in [2.05, 4.69) is 4.74 Å². The highest BCUT2D eigenvalue weighted by molar-refractivity contribution is 6.13.